The fourth-order valence-electron chi connectivity index (χ4n) is 2.71. The van der Waals surface area contributed by atoms with Crippen LogP contribution in [0.5, 0.6) is 5.75 Å². The lowest BCUT2D eigenvalue weighted by molar-refractivity contribution is -0.0347. The van der Waals surface area contributed by atoms with Gasteiger partial charge in [0.15, 0.2) is 0 Å². The maximum atomic E-state index is 14.1. The molecule has 0 aromatic heterocycles. The van der Waals surface area contributed by atoms with E-state index in [4.69, 9.17) is 14.1 Å². The number of fused-ring (bicyclic) bond motifs is 3. The van der Waals surface area contributed by atoms with Crippen molar-refractivity contribution in [2.24, 2.45) is 0 Å². The zero-order valence-electron chi connectivity index (χ0n) is 15.2. The molecule has 7 nitrogen and oxygen atoms in total. The highest BCUT2D eigenvalue weighted by atomic mass is 19.1. The van der Waals surface area contributed by atoms with Gasteiger partial charge in [0, 0.05) is 5.82 Å². The summed E-state index contributed by atoms with van der Waals surface area (Å²) in [5.41, 5.74) is 0.247. The molecule has 0 amide bonds. The minimum atomic E-state index is -1.08. The smallest absolute Gasteiger partial charge is 0.526 e. The van der Waals surface area contributed by atoms with Crippen LogP contribution in [0.4, 0.5) is 9.18 Å². The van der Waals surface area contributed by atoms with E-state index < -0.39 is 37.4 Å². The monoisotopic (exact) mass is 368 g/mol. The molecule has 1 aliphatic carbocycles. The quantitative estimate of drug-likeness (QED) is 0.496. The third kappa shape index (κ3) is 4.27. The molecule has 1 aromatic rings. The van der Waals surface area contributed by atoms with E-state index in [1.165, 1.54) is 6.07 Å². The molecule has 1 N–H and O–H groups in total. The van der Waals surface area contributed by atoms with E-state index >= 15 is 0 Å². The second kappa shape index (κ2) is 8.40. The van der Waals surface area contributed by atoms with Gasteiger partial charge in [-0.3, -0.25) is 0 Å². The summed E-state index contributed by atoms with van der Waals surface area (Å²) >= 11 is 0. The Kier molecular flexibility index (Phi) is 6.47. The number of hydrogen-bond donors (Lipinski definition) is 1. The van der Waals surface area contributed by atoms with Crippen LogP contribution >= 0.6 is 0 Å². The van der Waals surface area contributed by atoms with Gasteiger partial charge in [0.2, 0.25) is 6.79 Å². The maximum Gasteiger partial charge on any atom is 0.526 e. The molecule has 0 saturated heterocycles. The van der Waals surface area contributed by atoms with E-state index in [9.17, 15) is 19.0 Å². The molecule has 2 unspecified atom stereocenters. The molecular formula is C17H22BFO7. The standard InChI is InChI=1S/C15H16BFO7.C2H6/c1-7(2)23-15(19)22-6-21-14(18)12-11(17)4-3-8-9-5-10(9)16(20)24-13(8)12;1-2/h3-4,7,9-10,20H,5-6H2,1-2H3;1-2H3. The van der Waals surface area contributed by atoms with E-state index in [0.29, 0.717) is 5.56 Å². The molecule has 0 radical (unpaired) electrons. The van der Waals surface area contributed by atoms with Crippen LogP contribution in [0, 0.1) is 5.82 Å². The predicted octanol–water partition coefficient (Wildman–Crippen LogP) is 3.26. The average molecular weight is 368 g/mol. The lowest BCUT2D eigenvalue weighted by Gasteiger charge is -2.21. The van der Waals surface area contributed by atoms with Crippen LogP contribution in [0.1, 0.15) is 56.0 Å². The van der Waals surface area contributed by atoms with Crippen molar-refractivity contribution < 1.29 is 37.9 Å². The highest BCUT2D eigenvalue weighted by molar-refractivity contribution is 6.48. The van der Waals surface area contributed by atoms with Gasteiger partial charge < -0.3 is 23.9 Å². The summed E-state index contributed by atoms with van der Waals surface area (Å²) in [7, 11) is -1.08. The summed E-state index contributed by atoms with van der Waals surface area (Å²) in [5, 5.41) is 9.81. The van der Waals surface area contributed by atoms with Crippen molar-refractivity contribution in [2.45, 2.75) is 52.0 Å². The van der Waals surface area contributed by atoms with Gasteiger partial charge in [0.1, 0.15) is 17.1 Å². The predicted molar refractivity (Wildman–Crippen MR) is 90.4 cm³/mol. The third-order valence-electron chi connectivity index (χ3n) is 3.88. The van der Waals surface area contributed by atoms with Crippen LogP contribution in [0.2, 0.25) is 5.82 Å². The highest BCUT2D eigenvalue weighted by Gasteiger charge is 2.54. The SMILES string of the molecule is CC.CC(C)OC(=O)OCOC(=O)c1c(F)ccc2c1OB(O)C1CC21. The molecule has 2 aliphatic rings. The second-order valence-corrected chi connectivity index (χ2v) is 5.97. The Balaban J connectivity index is 0.00000117. The lowest BCUT2D eigenvalue weighted by atomic mass is 9.77. The summed E-state index contributed by atoms with van der Waals surface area (Å²) < 4.78 is 33.4. The van der Waals surface area contributed by atoms with Crippen molar-refractivity contribution in [1.82, 2.24) is 0 Å². The zero-order valence-corrected chi connectivity index (χ0v) is 15.2. The van der Waals surface area contributed by atoms with Gasteiger partial charge in [0.25, 0.3) is 0 Å². The van der Waals surface area contributed by atoms with Crippen molar-refractivity contribution in [3.05, 3.63) is 29.1 Å². The van der Waals surface area contributed by atoms with E-state index in [1.54, 1.807) is 13.8 Å². The van der Waals surface area contributed by atoms with Gasteiger partial charge in [0.05, 0.1) is 6.10 Å². The fourth-order valence-corrected chi connectivity index (χ4v) is 2.71. The van der Waals surface area contributed by atoms with E-state index in [0.717, 1.165) is 12.5 Å². The molecule has 1 aromatic carbocycles. The molecule has 0 bridgehead atoms. The van der Waals surface area contributed by atoms with Crippen molar-refractivity contribution in [3.63, 3.8) is 0 Å². The van der Waals surface area contributed by atoms with Crippen molar-refractivity contribution in [3.8, 4) is 5.75 Å². The second-order valence-electron chi connectivity index (χ2n) is 5.97. The normalized spacial score (nSPS) is 19.3. The molecule has 1 aliphatic heterocycles. The first-order valence-corrected chi connectivity index (χ1v) is 8.56. The first-order valence-electron chi connectivity index (χ1n) is 8.56. The average Bonchev–Trinajstić information content (AvgIpc) is 3.37. The number of hydrogen-bond acceptors (Lipinski definition) is 7. The summed E-state index contributed by atoms with van der Waals surface area (Å²) in [6.45, 7) is 6.54. The van der Waals surface area contributed by atoms with Gasteiger partial charge in [-0.2, -0.15) is 0 Å². The molecule has 9 heteroatoms. The van der Waals surface area contributed by atoms with Gasteiger partial charge in [-0.15, -0.1) is 0 Å². The summed E-state index contributed by atoms with van der Waals surface area (Å²) in [4.78, 5) is 23.3. The molecule has 1 saturated carbocycles. The Morgan fingerprint density at radius 3 is 2.69 bits per heavy atom. The highest BCUT2D eigenvalue weighted by Crippen LogP contribution is 2.60. The topological polar surface area (TPSA) is 91.3 Å². The van der Waals surface area contributed by atoms with Crippen LogP contribution < -0.4 is 4.65 Å². The number of carbonyl (C=O) groups excluding carboxylic acids is 2. The summed E-state index contributed by atoms with van der Waals surface area (Å²) in [5.74, 6) is -1.88. The lowest BCUT2D eigenvalue weighted by Crippen LogP contribution is -2.28. The number of rotatable bonds is 4. The molecule has 0 spiro atoms. The van der Waals surface area contributed by atoms with E-state index in [-0.39, 0.29) is 23.6 Å². The molecule has 1 fully saturated rings. The van der Waals surface area contributed by atoms with Crippen LogP contribution in [-0.4, -0.2) is 37.2 Å². The molecule has 3 rings (SSSR count). The number of halogens is 1. The van der Waals surface area contributed by atoms with Gasteiger partial charge in [-0.25, -0.2) is 14.0 Å². The Bertz CT molecular complexity index is 679. The first-order chi connectivity index (χ1) is 12.4. The van der Waals surface area contributed by atoms with Crippen LogP contribution in [0.15, 0.2) is 12.1 Å². The van der Waals surface area contributed by atoms with Crippen LogP contribution in [0.3, 0.4) is 0 Å². The largest absolute Gasteiger partial charge is 0.535 e. The van der Waals surface area contributed by atoms with Gasteiger partial charge in [-0.1, -0.05) is 19.9 Å². The molecule has 2 atom stereocenters. The molecule has 1 heterocycles. The molecular weight excluding hydrogens is 346 g/mol. The van der Waals surface area contributed by atoms with Gasteiger partial charge in [-0.05, 0) is 37.8 Å². The number of carbonyl (C=O) groups is 2. The Morgan fingerprint density at radius 2 is 2.04 bits per heavy atom. The molecule has 142 valence electrons. The first kappa shape index (κ1) is 20.0. The number of ether oxygens (including phenoxy) is 3. The number of esters is 1. The minimum Gasteiger partial charge on any atom is -0.535 e. The van der Waals surface area contributed by atoms with Crippen LogP contribution in [0.25, 0.3) is 0 Å². The number of benzene rings is 1. The van der Waals surface area contributed by atoms with Crippen molar-refractivity contribution >= 4 is 19.2 Å². The molecule has 26 heavy (non-hydrogen) atoms. The zero-order chi connectivity index (χ0) is 19.4. The van der Waals surface area contributed by atoms with Gasteiger partial charge >= 0.3 is 19.2 Å². The van der Waals surface area contributed by atoms with E-state index in [2.05, 4.69) is 4.74 Å². The van der Waals surface area contributed by atoms with Crippen molar-refractivity contribution in [1.29, 1.82) is 0 Å². The summed E-state index contributed by atoms with van der Waals surface area (Å²) in [6, 6.07) is 2.69. The third-order valence-corrected chi connectivity index (χ3v) is 3.88. The van der Waals surface area contributed by atoms with E-state index in [1.807, 2.05) is 13.8 Å². The Hall–Kier alpha value is -2.29. The Morgan fingerprint density at radius 1 is 1.35 bits per heavy atom. The van der Waals surface area contributed by atoms with Crippen LogP contribution in [-0.2, 0) is 14.2 Å². The maximum absolute atomic E-state index is 14.1. The Labute approximate surface area is 151 Å². The minimum absolute atomic E-state index is 0.0176. The fraction of sp³-hybridized carbons (Fsp3) is 0.529. The summed E-state index contributed by atoms with van der Waals surface area (Å²) in [6.07, 6.45) is -0.660. The van der Waals surface area contributed by atoms with Crippen molar-refractivity contribution in [2.75, 3.05) is 6.79 Å².